The van der Waals surface area contributed by atoms with Gasteiger partial charge in [-0.05, 0) is 42.5 Å². The number of nitrogens with zero attached hydrogens (tertiary/aromatic N) is 3. The number of fused-ring (bicyclic) bond motifs is 1. The SMILES string of the molecule is O=S(=O)(O)c1cc(N=Nc2ccc(N(CCCl)CCCl)cc2)cc2c(S(=O)(=O)O)cccc12. The van der Waals surface area contributed by atoms with Crippen LogP contribution in [0.25, 0.3) is 10.8 Å². The fourth-order valence-corrected chi connectivity index (χ4v) is 5.06. The van der Waals surface area contributed by atoms with Gasteiger partial charge >= 0.3 is 0 Å². The standard InChI is InChI=1S/C20H19Cl2N3O6S2/c21-8-10-25(11-9-22)16-6-4-14(5-7-16)23-24-15-12-18-17(20(13-15)33(29,30)31)2-1-3-19(18)32(26,27)28/h1-7,12-13H,8-11H2,(H,26,27,28)(H,29,30,31). The van der Waals surface area contributed by atoms with E-state index in [1.54, 1.807) is 24.3 Å². The molecule has 0 saturated heterocycles. The van der Waals surface area contributed by atoms with E-state index in [0.717, 1.165) is 17.8 Å². The molecule has 0 radical (unpaired) electrons. The van der Waals surface area contributed by atoms with Crippen molar-refractivity contribution in [3.8, 4) is 0 Å². The smallest absolute Gasteiger partial charge is 0.295 e. The van der Waals surface area contributed by atoms with E-state index >= 15 is 0 Å². The highest BCUT2D eigenvalue weighted by Crippen LogP contribution is 2.33. The Morgan fingerprint density at radius 2 is 1.30 bits per heavy atom. The lowest BCUT2D eigenvalue weighted by molar-refractivity contribution is 0.481. The molecule has 0 saturated carbocycles. The molecule has 0 spiro atoms. The third-order valence-electron chi connectivity index (χ3n) is 4.66. The van der Waals surface area contributed by atoms with E-state index in [1.807, 2.05) is 4.90 Å². The molecule has 3 rings (SSSR count). The zero-order valence-corrected chi connectivity index (χ0v) is 20.1. The first kappa shape index (κ1) is 25.3. The molecule has 0 aliphatic rings. The lowest BCUT2D eigenvalue weighted by atomic mass is 10.1. The van der Waals surface area contributed by atoms with Crippen LogP contribution in [-0.4, -0.2) is 50.8 Å². The second-order valence-electron chi connectivity index (χ2n) is 6.83. The van der Waals surface area contributed by atoms with Crippen molar-refractivity contribution in [3.63, 3.8) is 0 Å². The third-order valence-corrected chi connectivity index (χ3v) is 6.81. The molecule has 0 bridgehead atoms. The van der Waals surface area contributed by atoms with Crippen LogP contribution in [0.1, 0.15) is 0 Å². The fourth-order valence-electron chi connectivity index (χ4n) is 3.23. The van der Waals surface area contributed by atoms with Crippen molar-refractivity contribution in [2.45, 2.75) is 9.79 Å². The van der Waals surface area contributed by atoms with Gasteiger partial charge in [-0.1, -0.05) is 12.1 Å². The van der Waals surface area contributed by atoms with E-state index in [0.29, 0.717) is 30.5 Å². The van der Waals surface area contributed by atoms with Gasteiger partial charge in [-0.2, -0.15) is 27.1 Å². The number of azo groups is 1. The molecular formula is C20H19Cl2N3O6S2. The first-order valence-corrected chi connectivity index (χ1v) is 13.4. The minimum Gasteiger partial charge on any atom is -0.369 e. The summed E-state index contributed by atoms with van der Waals surface area (Å²) in [6.45, 7) is 1.22. The van der Waals surface area contributed by atoms with Crippen LogP contribution in [0.5, 0.6) is 0 Å². The minimum atomic E-state index is -4.73. The van der Waals surface area contributed by atoms with Crippen LogP contribution >= 0.6 is 23.2 Å². The Labute approximate surface area is 201 Å². The molecule has 0 aromatic heterocycles. The van der Waals surface area contributed by atoms with E-state index in [9.17, 15) is 25.9 Å². The molecule has 176 valence electrons. The van der Waals surface area contributed by atoms with Crippen LogP contribution in [-0.2, 0) is 20.2 Å². The minimum absolute atomic E-state index is 0.0405. The second kappa shape index (κ2) is 10.3. The fraction of sp³-hybridized carbons (Fsp3) is 0.200. The molecule has 0 aliphatic heterocycles. The highest BCUT2D eigenvalue weighted by Gasteiger charge is 2.21. The average Bonchev–Trinajstić information content (AvgIpc) is 2.75. The lowest BCUT2D eigenvalue weighted by Gasteiger charge is -2.22. The number of halogens is 2. The molecule has 2 N–H and O–H groups in total. The molecular weight excluding hydrogens is 513 g/mol. The molecule has 0 unspecified atom stereocenters. The molecule has 9 nitrogen and oxygen atoms in total. The van der Waals surface area contributed by atoms with Crippen molar-refractivity contribution < 1.29 is 25.9 Å². The zero-order chi connectivity index (χ0) is 24.2. The van der Waals surface area contributed by atoms with Crippen molar-refractivity contribution in [2.75, 3.05) is 29.7 Å². The molecule has 33 heavy (non-hydrogen) atoms. The van der Waals surface area contributed by atoms with Gasteiger partial charge in [0.15, 0.2) is 0 Å². The van der Waals surface area contributed by atoms with Gasteiger partial charge in [0.1, 0.15) is 9.79 Å². The molecule has 0 aliphatic carbocycles. The number of hydrogen-bond acceptors (Lipinski definition) is 7. The number of anilines is 1. The predicted octanol–water partition coefficient (Wildman–Crippen LogP) is 5.03. The van der Waals surface area contributed by atoms with Gasteiger partial charge < -0.3 is 4.90 Å². The Morgan fingerprint density at radius 3 is 1.85 bits per heavy atom. The van der Waals surface area contributed by atoms with Gasteiger partial charge in [0, 0.05) is 41.3 Å². The van der Waals surface area contributed by atoms with E-state index < -0.39 is 30.0 Å². The maximum absolute atomic E-state index is 11.9. The van der Waals surface area contributed by atoms with Crippen molar-refractivity contribution >= 4 is 71.3 Å². The second-order valence-corrected chi connectivity index (χ2v) is 10.4. The van der Waals surface area contributed by atoms with Gasteiger partial charge in [0.2, 0.25) is 0 Å². The number of rotatable bonds is 9. The normalized spacial score (nSPS) is 12.5. The maximum atomic E-state index is 11.9. The Hall–Kier alpha value is -2.28. The average molecular weight is 532 g/mol. The number of hydrogen-bond donors (Lipinski definition) is 2. The summed E-state index contributed by atoms with van der Waals surface area (Å²) in [4.78, 5) is 0.914. The monoisotopic (exact) mass is 531 g/mol. The Morgan fingerprint density at radius 1 is 0.727 bits per heavy atom. The lowest BCUT2D eigenvalue weighted by Crippen LogP contribution is -2.27. The van der Waals surface area contributed by atoms with Crippen molar-refractivity contribution in [1.82, 2.24) is 0 Å². The molecule has 3 aromatic carbocycles. The first-order chi connectivity index (χ1) is 15.5. The van der Waals surface area contributed by atoms with E-state index in [2.05, 4.69) is 10.2 Å². The highest BCUT2D eigenvalue weighted by molar-refractivity contribution is 7.86. The molecule has 13 heteroatoms. The van der Waals surface area contributed by atoms with Crippen molar-refractivity contribution in [3.05, 3.63) is 54.6 Å². The van der Waals surface area contributed by atoms with Gasteiger partial charge in [-0.25, -0.2) is 0 Å². The summed E-state index contributed by atoms with van der Waals surface area (Å²) < 4.78 is 66.4. The molecule has 3 aromatic rings. The third kappa shape index (κ3) is 6.19. The van der Waals surface area contributed by atoms with Crippen LogP contribution in [0.4, 0.5) is 17.1 Å². The molecule has 0 amide bonds. The topological polar surface area (TPSA) is 137 Å². The summed E-state index contributed by atoms with van der Waals surface area (Å²) in [5.74, 6) is 0.865. The van der Waals surface area contributed by atoms with Crippen molar-refractivity contribution in [1.29, 1.82) is 0 Å². The van der Waals surface area contributed by atoms with Crippen molar-refractivity contribution in [2.24, 2.45) is 10.2 Å². The largest absolute Gasteiger partial charge is 0.369 e. The summed E-state index contributed by atoms with van der Waals surface area (Å²) in [5, 5.41) is 7.83. The quantitative estimate of drug-likeness (QED) is 0.224. The maximum Gasteiger partial charge on any atom is 0.295 e. The summed E-state index contributed by atoms with van der Waals surface area (Å²) >= 11 is 11.6. The zero-order valence-electron chi connectivity index (χ0n) is 17.0. The summed E-state index contributed by atoms with van der Waals surface area (Å²) in [6.07, 6.45) is 0. The Bertz CT molecular complexity index is 1390. The number of alkyl halides is 2. The van der Waals surface area contributed by atoms with Gasteiger partial charge in [0.25, 0.3) is 20.2 Å². The van der Waals surface area contributed by atoms with Crippen LogP contribution in [0.2, 0.25) is 0 Å². The van der Waals surface area contributed by atoms with Gasteiger partial charge in [-0.15, -0.1) is 23.2 Å². The van der Waals surface area contributed by atoms with Crippen LogP contribution in [0.3, 0.4) is 0 Å². The number of benzene rings is 3. The van der Waals surface area contributed by atoms with Gasteiger partial charge in [0.05, 0.1) is 11.4 Å². The van der Waals surface area contributed by atoms with E-state index in [4.69, 9.17) is 23.2 Å². The predicted molar refractivity (Wildman–Crippen MR) is 128 cm³/mol. The van der Waals surface area contributed by atoms with E-state index in [-0.39, 0.29) is 16.5 Å². The molecule has 0 fully saturated rings. The summed E-state index contributed by atoms with van der Waals surface area (Å²) in [5.41, 5.74) is 1.28. The van der Waals surface area contributed by atoms with Crippen LogP contribution in [0.15, 0.2) is 74.6 Å². The van der Waals surface area contributed by atoms with Crippen LogP contribution < -0.4 is 4.90 Å². The first-order valence-electron chi connectivity index (χ1n) is 9.45. The van der Waals surface area contributed by atoms with E-state index in [1.165, 1.54) is 18.2 Å². The molecule has 0 heterocycles. The Kier molecular flexibility index (Phi) is 7.93. The van der Waals surface area contributed by atoms with Crippen LogP contribution in [0, 0.1) is 0 Å². The summed E-state index contributed by atoms with van der Waals surface area (Å²) in [6, 6.07) is 13.0. The molecule has 0 atom stereocenters. The highest BCUT2D eigenvalue weighted by atomic mass is 35.5. The summed E-state index contributed by atoms with van der Waals surface area (Å²) in [7, 11) is -9.40. The Balaban J connectivity index is 2.04. The van der Waals surface area contributed by atoms with Gasteiger partial charge in [-0.3, -0.25) is 9.11 Å².